The van der Waals surface area contributed by atoms with Gasteiger partial charge in [0.2, 0.25) is 0 Å². The van der Waals surface area contributed by atoms with E-state index in [9.17, 15) is 0 Å². The van der Waals surface area contributed by atoms with Crippen LogP contribution >= 0.6 is 9.90 Å². The van der Waals surface area contributed by atoms with Crippen LogP contribution in [0, 0.1) is 82.6 Å². The van der Waals surface area contributed by atoms with Crippen LogP contribution in [-0.2, 0) is 17.1 Å². The molecule has 0 aliphatic rings. The molecular formula is H10CeCuGaGeNdP. The Kier molecular flexibility index (Phi) is 244. The van der Waals surface area contributed by atoms with Gasteiger partial charge in [-0.3, -0.25) is 0 Å². The van der Waals surface area contributed by atoms with Crippen molar-refractivity contribution < 1.29 is 99.7 Å². The number of hydrogen-bond donors (Lipinski definition) is 0. The van der Waals surface area contributed by atoms with Crippen molar-refractivity contribution >= 4 is 47.3 Å². The second-order valence-electron chi connectivity index (χ2n) is 0. The Morgan fingerprint density at radius 1 is 1.00 bits per heavy atom. The van der Waals surface area contributed by atoms with Gasteiger partial charge in [0, 0.05) is 99.7 Å². The molecule has 0 N–H and O–H groups in total. The Morgan fingerprint density at radius 2 is 1.00 bits per heavy atom. The summed E-state index contributed by atoms with van der Waals surface area (Å²) < 4.78 is 0. The van der Waals surface area contributed by atoms with Crippen molar-refractivity contribution in [3.05, 3.63) is 0 Å². The zero-order valence-corrected chi connectivity index (χ0v) is 10.7. The molecule has 0 fully saturated rings. The van der Waals surface area contributed by atoms with Gasteiger partial charge in [-0.05, 0) is 0 Å². The first-order valence-corrected chi connectivity index (χ1v) is 0. The van der Waals surface area contributed by atoms with Gasteiger partial charge in [-0.2, -0.15) is 9.90 Å². The average Bonchev–Trinajstić information content (AvgIpc) is 0. The zero-order chi connectivity index (χ0) is 0. The van der Waals surface area contributed by atoms with Crippen LogP contribution in [0.3, 0.4) is 0 Å². The van der Waals surface area contributed by atoms with Crippen molar-refractivity contribution in [2.75, 3.05) is 0 Å². The van der Waals surface area contributed by atoms with E-state index in [1.807, 2.05) is 0 Å². The fourth-order valence-electron chi connectivity index (χ4n) is 0. The SMILES string of the molecule is P.[Ce].[Cu].[GaH3].[GeH4].[Nd]. The third-order valence-electron chi connectivity index (χ3n) is 0. The topological polar surface area (TPSA) is 0 Å². The molecule has 0 aromatic rings. The van der Waals surface area contributed by atoms with E-state index in [0.717, 1.165) is 0 Å². The van der Waals surface area contributed by atoms with Gasteiger partial charge in [-0.15, -0.1) is 0 Å². The van der Waals surface area contributed by atoms with Crippen molar-refractivity contribution in [2.45, 2.75) is 0 Å². The summed E-state index contributed by atoms with van der Waals surface area (Å²) >= 11 is 0. The molecule has 0 aliphatic heterocycles. The van der Waals surface area contributed by atoms with E-state index in [1.54, 1.807) is 0 Å². The Balaban J connectivity index is 0. The molecule has 1 atom stereocenters. The van der Waals surface area contributed by atoms with Crippen LogP contribution in [0.4, 0.5) is 0 Å². The maximum atomic E-state index is 0. The van der Waals surface area contributed by atoms with Gasteiger partial charge in [-0.25, -0.2) is 0 Å². The van der Waals surface area contributed by atoms with Crippen LogP contribution in [0.15, 0.2) is 0 Å². The Labute approximate surface area is 143 Å². The van der Waals surface area contributed by atoms with E-state index in [2.05, 4.69) is 0 Å². The third-order valence-corrected chi connectivity index (χ3v) is 0. The number of rotatable bonds is 0. The molecule has 0 aliphatic carbocycles. The molecule has 0 saturated carbocycles. The summed E-state index contributed by atoms with van der Waals surface area (Å²) in [5.41, 5.74) is 0. The largest absolute Gasteiger partial charge is 0 e. The molecule has 1 unspecified atom stereocenters. The molecule has 0 saturated heterocycles. The zero-order valence-electron chi connectivity index (χ0n) is 2.01. The quantitative estimate of drug-likeness (QED) is 0.238. The van der Waals surface area contributed by atoms with E-state index in [4.69, 9.17) is 0 Å². The second kappa shape index (κ2) is 32.8. The first kappa shape index (κ1) is 44.7. The molecule has 0 nitrogen and oxygen atoms in total. The molecule has 0 amide bonds. The Bertz CT molecular complexity index is 15.5. The minimum absolute atomic E-state index is 0. The maximum absolute atomic E-state index is 0. The van der Waals surface area contributed by atoms with Crippen molar-refractivity contribution in [1.29, 1.82) is 0 Å². The molecule has 0 aromatic carbocycles. The first-order valence-electron chi connectivity index (χ1n) is 0. The van der Waals surface area contributed by atoms with Gasteiger partial charge < -0.3 is 0 Å². The van der Waals surface area contributed by atoms with Crippen LogP contribution in [0.5, 0.6) is 0 Å². The normalized spacial score (nSPS) is 0. The van der Waals surface area contributed by atoms with Crippen molar-refractivity contribution in [3.8, 4) is 0 Å². The predicted molar refractivity (Wildman–Crippen MR) is 32.4 cm³/mol. The van der Waals surface area contributed by atoms with Gasteiger partial charge in [0.25, 0.3) is 0 Å². The summed E-state index contributed by atoms with van der Waals surface area (Å²) in [5, 5.41) is 0. The van der Waals surface area contributed by atoms with Gasteiger partial charge in [0.1, 0.15) is 0 Å². The molecule has 1 radical (unpaired) electrons. The molecule has 6 heavy (non-hydrogen) atoms. The molecule has 0 spiro atoms. The Hall–Kier alpha value is 4.86. The van der Waals surface area contributed by atoms with Crippen LogP contribution < -0.4 is 0 Å². The van der Waals surface area contributed by atoms with E-state index in [1.165, 1.54) is 0 Å². The molecule has 0 heterocycles. The summed E-state index contributed by atoms with van der Waals surface area (Å²) in [5.74, 6) is 0. The van der Waals surface area contributed by atoms with Crippen molar-refractivity contribution in [2.24, 2.45) is 0 Å². The van der Waals surface area contributed by atoms with E-state index in [0.29, 0.717) is 0 Å². The standard InChI is InChI=1S/Ce.Cu.Ga.GeH4.Nd.H3P.3H/h;;;1H4;;1H3;;;. The molecule has 6 heteroatoms. The summed E-state index contributed by atoms with van der Waals surface area (Å²) in [6.07, 6.45) is 0. The molecule has 41 valence electrons. The van der Waals surface area contributed by atoms with E-state index >= 15 is 0 Å². The van der Waals surface area contributed by atoms with E-state index < -0.39 is 0 Å². The molecule has 0 rings (SSSR count). The minimum Gasteiger partial charge on any atom is 0 e. The average molecular weight is 531 g/mol. The number of hydrogen-bond acceptors (Lipinski definition) is 0. The Morgan fingerprint density at radius 3 is 1.00 bits per heavy atom. The third kappa shape index (κ3) is 23.2. The van der Waals surface area contributed by atoms with Crippen LogP contribution in [0.2, 0.25) is 0 Å². The maximum Gasteiger partial charge on any atom is 0 e. The summed E-state index contributed by atoms with van der Waals surface area (Å²) in [7, 11) is 0. The van der Waals surface area contributed by atoms with Crippen LogP contribution in [-0.4, -0.2) is 37.4 Å². The van der Waals surface area contributed by atoms with Crippen molar-refractivity contribution in [3.63, 3.8) is 0 Å². The second-order valence-corrected chi connectivity index (χ2v) is 0. The van der Waals surface area contributed by atoms with Crippen LogP contribution in [0.1, 0.15) is 0 Å². The van der Waals surface area contributed by atoms with Crippen molar-refractivity contribution in [1.82, 2.24) is 0 Å². The summed E-state index contributed by atoms with van der Waals surface area (Å²) in [4.78, 5) is 0. The van der Waals surface area contributed by atoms with E-state index in [-0.39, 0.29) is 147 Å². The molecule has 0 bridgehead atoms. The summed E-state index contributed by atoms with van der Waals surface area (Å²) in [6, 6.07) is 0. The summed E-state index contributed by atoms with van der Waals surface area (Å²) in [6.45, 7) is 0. The minimum atomic E-state index is 0. The van der Waals surface area contributed by atoms with Gasteiger partial charge in [0.15, 0.2) is 0 Å². The smallest absolute Gasteiger partial charge is 0 e. The van der Waals surface area contributed by atoms with Gasteiger partial charge >= 0.3 is 37.4 Å². The predicted octanol–water partition coefficient (Wildman–Crippen LogP) is -2.58. The first-order chi connectivity index (χ1) is 0. The fourth-order valence-corrected chi connectivity index (χ4v) is 0. The van der Waals surface area contributed by atoms with Crippen LogP contribution in [0.25, 0.3) is 0 Å². The molecule has 0 aromatic heterocycles. The monoisotopic (exact) mass is 529 g/mol. The fraction of sp³-hybridized carbons (Fsp3) is 0. The molecular weight excluding hydrogens is 521 g/mol. The van der Waals surface area contributed by atoms with Gasteiger partial charge in [0.05, 0.1) is 0 Å². The van der Waals surface area contributed by atoms with Gasteiger partial charge in [-0.1, -0.05) is 0 Å².